The monoisotopic (exact) mass is 283 g/mol. The van der Waals surface area contributed by atoms with E-state index in [2.05, 4.69) is 34.6 Å². The van der Waals surface area contributed by atoms with Crippen LogP contribution in [0.4, 0.5) is 0 Å². The van der Waals surface area contributed by atoms with Crippen LogP contribution in [-0.4, -0.2) is 6.04 Å². The molecule has 0 spiro atoms. The number of nitrogens with two attached hydrogens (primary N) is 1. The van der Waals surface area contributed by atoms with Gasteiger partial charge in [-0.05, 0) is 24.2 Å². The highest BCUT2D eigenvalue weighted by Gasteiger charge is 2.28. The smallest absolute Gasteiger partial charge is 0.0116 e. The van der Waals surface area contributed by atoms with Gasteiger partial charge in [0.05, 0.1) is 0 Å². The first-order valence-electron chi connectivity index (χ1n) is 9.19. The molecular formula is C19H41N. The highest BCUT2D eigenvalue weighted by molar-refractivity contribution is 4.83. The first-order valence-corrected chi connectivity index (χ1v) is 9.19. The molecule has 20 heavy (non-hydrogen) atoms. The second kappa shape index (κ2) is 11.6. The lowest BCUT2D eigenvalue weighted by Crippen LogP contribution is -2.41. The molecule has 0 radical (unpaired) electrons. The van der Waals surface area contributed by atoms with Crippen LogP contribution in [0.5, 0.6) is 0 Å². The minimum absolute atomic E-state index is 0.249. The second-order valence-corrected chi connectivity index (χ2v) is 7.70. The molecule has 0 amide bonds. The van der Waals surface area contributed by atoms with Gasteiger partial charge < -0.3 is 5.73 Å². The summed E-state index contributed by atoms with van der Waals surface area (Å²) in [5.74, 6) is 0.730. The standard InChI is InChI=1S/C19H41N/c1-6-8-10-12-14-16-17(15-13-11-9-7-2)18(20)19(3,4)5/h17-18H,6-16,20H2,1-5H3. The van der Waals surface area contributed by atoms with Crippen molar-refractivity contribution in [2.24, 2.45) is 17.1 Å². The highest BCUT2D eigenvalue weighted by atomic mass is 14.7. The number of hydrogen-bond donors (Lipinski definition) is 1. The third-order valence-electron chi connectivity index (χ3n) is 4.61. The molecule has 0 aliphatic rings. The van der Waals surface area contributed by atoms with E-state index in [1.807, 2.05) is 0 Å². The van der Waals surface area contributed by atoms with Crippen LogP contribution in [0, 0.1) is 11.3 Å². The van der Waals surface area contributed by atoms with Gasteiger partial charge in [0.25, 0.3) is 0 Å². The van der Waals surface area contributed by atoms with Crippen molar-refractivity contribution in [3.05, 3.63) is 0 Å². The summed E-state index contributed by atoms with van der Waals surface area (Å²) in [5.41, 5.74) is 6.80. The first kappa shape index (κ1) is 20.0. The average molecular weight is 284 g/mol. The Morgan fingerprint density at radius 3 is 1.50 bits per heavy atom. The van der Waals surface area contributed by atoms with E-state index in [1.165, 1.54) is 70.6 Å². The minimum atomic E-state index is 0.249. The molecule has 0 rings (SSSR count). The maximum absolute atomic E-state index is 6.55. The van der Waals surface area contributed by atoms with Gasteiger partial charge in [-0.1, -0.05) is 92.4 Å². The van der Waals surface area contributed by atoms with Crippen molar-refractivity contribution in [1.29, 1.82) is 0 Å². The number of unbranched alkanes of at least 4 members (excludes halogenated alkanes) is 7. The fraction of sp³-hybridized carbons (Fsp3) is 1.00. The van der Waals surface area contributed by atoms with Crippen LogP contribution in [-0.2, 0) is 0 Å². The summed E-state index contributed by atoms with van der Waals surface area (Å²) in [6.07, 6.45) is 15.1. The van der Waals surface area contributed by atoms with Gasteiger partial charge in [0.2, 0.25) is 0 Å². The number of rotatable bonds is 12. The molecule has 2 N–H and O–H groups in total. The van der Waals surface area contributed by atoms with Crippen LogP contribution in [0.3, 0.4) is 0 Å². The molecule has 0 aliphatic carbocycles. The van der Waals surface area contributed by atoms with Gasteiger partial charge in [-0.25, -0.2) is 0 Å². The second-order valence-electron chi connectivity index (χ2n) is 7.70. The summed E-state index contributed by atoms with van der Waals surface area (Å²) >= 11 is 0. The normalized spacial score (nSPS) is 15.3. The Kier molecular flexibility index (Phi) is 11.6. The Labute approximate surface area is 129 Å². The van der Waals surface area contributed by atoms with Crippen LogP contribution < -0.4 is 5.73 Å². The largest absolute Gasteiger partial charge is 0.327 e. The van der Waals surface area contributed by atoms with Crippen molar-refractivity contribution in [3.8, 4) is 0 Å². The Morgan fingerprint density at radius 2 is 1.10 bits per heavy atom. The van der Waals surface area contributed by atoms with Crippen molar-refractivity contribution >= 4 is 0 Å². The molecule has 0 aromatic heterocycles. The zero-order chi connectivity index (χ0) is 15.4. The lowest BCUT2D eigenvalue weighted by atomic mass is 9.75. The van der Waals surface area contributed by atoms with E-state index < -0.39 is 0 Å². The fourth-order valence-electron chi connectivity index (χ4n) is 3.05. The van der Waals surface area contributed by atoms with Gasteiger partial charge in [0.15, 0.2) is 0 Å². The lowest BCUT2D eigenvalue weighted by Gasteiger charge is -2.34. The fourth-order valence-corrected chi connectivity index (χ4v) is 3.05. The highest BCUT2D eigenvalue weighted by Crippen LogP contribution is 2.30. The van der Waals surface area contributed by atoms with Crippen LogP contribution in [0.2, 0.25) is 0 Å². The molecule has 0 bridgehead atoms. The van der Waals surface area contributed by atoms with Crippen molar-refractivity contribution in [3.63, 3.8) is 0 Å². The van der Waals surface area contributed by atoms with Gasteiger partial charge in [-0.15, -0.1) is 0 Å². The maximum atomic E-state index is 6.55. The maximum Gasteiger partial charge on any atom is 0.0116 e. The van der Waals surface area contributed by atoms with Crippen molar-refractivity contribution in [1.82, 2.24) is 0 Å². The van der Waals surface area contributed by atoms with E-state index in [1.54, 1.807) is 0 Å². The molecule has 1 heteroatoms. The van der Waals surface area contributed by atoms with Gasteiger partial charge >= 0.3 is 0 Å². The molecule has 0 heterocycles. The molecule has 1 nitrogen and oxygen atoms in total. The van der Waals surface area contributed by atoms with Crippen LogP contribution in [0.25, 0.3) is 0 Å². The quantitative estimate of drug-likeness (QED) is 0.417. The molecule has 0 fully saturated rings. The van der Waals surface area contributed by atoms with Crippen molar-refractivity contribution in [2.75, 3.05) is 0 Å². The van der Waals surface area contributed by atoms with E-state index >= 15 is 0 Å². The Balaban J connectivity index is 4.11. The predicted octanol–water partition coefficient (Wildman–Crippen LogP) is 6.31. The zero-order valence-corrected chi connectivity index (χ0v) is 15.0. The molecule has 2 unspecified atom stereocenters. The summed E-state index contributed by atoms with van der Waals surface area (Å²) in [6.45, 7) is 11.5. The van der Waals surface area contributed by atoms with E-state index in [9.17, 15) is 0 Å². The SMILES string of the molecule is CCCCCCCC(CCCCCC)C(N)C(C)(C)C. The Hall–Kier alpha value is -0.0400. The van der Waals surface area contributed by atoms with E-state index in [0.717, 1.165) is 5.92 Å². The van der Waals surface area contributed by atoms with Gasteiger partial charge in [-0.3, -0.25) is 0 Å². The zero-order valence-electron chi connectivity index (χ0n) is 15.0. The predicted molar refractivity (Wildman–Crippen MR) is 93.1 cm³/mol. The molecule has 0 saturated heterocycles. The molecular weight excluding hydrogens is 242 g/mol. The summed E-state index contributed by atoms with van der Waals surface area (Å²) in [6, 6.07) is 0.357. The van der Waals surface area contributed by atoms with E-state index in [4.69, 9.17) is 5.73 Å². The summed E-state index contributed by atoms with van der Waals surface area (Å²) in [4.78, 5) is 0. The molecule has 0 aliphatic heterocycles. The molecule has 0 aromatic carbocycles. The Bertz CT molecular complexity index is 204. The average Bonchev–Trinajstić information content (AvgIpc) is 2.39. The summed E-state index contributed by atoms with van der Waals surface area (Å²) < 4.78 is 0. The van der Waals surface area contributed by atoms with Gasteiger partial charge in [0, 0.05) is 6.04 Å². The lowest BCUT2D eigenvalue weighted by molar-refractivity contribution is 0.209. The molecule has 122 valence electrons. The van der Waals surface area contributed by atoms with E-state index in [-0.39, 0.29) is 5.41 Å². The third-order valence-corrected chi connectivity index (χ3v) is 4.61. The van der Waals surface area contributed by atoms with Gasteiger partial charge in [0.1, 0.15) is 0 Å². The molecule has 0 aromatic rings. The van der Waals surface area contributed by atoms with Crippen LogP contribution in [0.1, 0.15) is 105 Å². The van der Waals surface area contributed by atoms with Crippen molar-refractivity contribution in [2.45, 2.75) is 111 Å². The first-order chi connectivity index (χ1) is 9.43. The van der Waals surface area contributed by atoms with Crippen LogP contribution >= 0.6 is 0 Å². The number of hydrogen-bond acceptors (Lipinski definition) is 1. The molecule has 2 atom stereocenters. The molecule has 0 saturated carbocycles. The van der Waals surface area contributed by atoms with Crippen LogP contribution in [0.15, 0.2) is 0 Å². The topological polar surface area (TPSA) is 26.0 Å². The summed E-state index contributed by atoms with van der Waals surface area (Å²) in [5, 5.41) is 0. The summed E-state index contributed by atoms with van der Waals surface area (Å²) in [7, 11) is 0. The van der Waals surface area contributed by atoms with Gasteiger partial charge in [-0.2, -0.15) is 0 Å². The Morgan fingerprint density at radius 1 is 0.700 bits per heavy atom. The third kappa shape index (κ3) is 9.80. The van der Waals surface area contributed by atoms with Crippen molar-refractivity contribution < 1.29 is 0 Å². The minimum Gasteiger partial charge on any atom is -0.327 e. The van der Waals surface area contributed by atoms with E-state index in [0.29, 0.717) is 6.04 Å².